The first-order valence-corrected chi connectivity index (χ1v) is 10.7. The smallest absolute Gasteiger partial charge is 0.329 e. The molecule has 1 fully saturated rings. The molecule has 180 valence electrons. The average molecular weight is 469 g/mol. The van der Waals surface area contributed by atoms with Crippen molar-refractivity contribution in [2.24, 2.45) is 5.73 Å². The summed E-state index contributed by atoms with van der Waals surface area (Å²) in [5.41, 5.74) is 5.97. The number of aromatic hydroxyl groups is 1. The highest BCUT2D eigenvalue weighted by Crippen LogP contribution is 2.27. The minimum absolute atomic E-state index is 0.0258. The van der Waals surface area contributed by atoms with Crippen molar-refractivity contribution in [3.63, 3.8) is 0 Å². The topological polar surface area (TPSA) is 155 Å². The van der Waals surface area contributed by atoms with Crippen LogP contribution in [0.3, 0.4) is 0 Å². The Morgan fingerprint density at radius 1 is 1.15 bits per heavy atom. The molecule has 1 heterocycles. The van der Waals surface area contributed by atoms with Crippen LogP contribution in [0, 0.1) is 5.41 Å². The van der Waals surface area contributed by atoms with E-state index in [1.165, 1.54) is 23.1 Å². The molecule has 10 nitrogen and oxygen atoms in total. The average Bonchev–Trinajstić information content (AvgIpc) is 2.71. The molecule has 0 aliphatic carbocycles. The maximum absolute atomic E-state index is 12.8. The van der Waals surface area contributed by atoms with E-state index >= 15 is 0 Å². The fourth-order valence-corrected chi connectivity index (χ4v) is 3.24. The molecule has 1 aliphatic rings. The van der Waals surface area contributed by atoms with Crippen molar-refractivity contribution < 1.29 is 29.0 Å². The first-order valence-electron chi connectivity index (χ1n) is 10.7. The molecule has 2 aromatic carbocycles. The first kappa shape index (κ1) is 24.6. The number of nitrogens with zero attached hydrogens (tertiary/aromatic N) is 1. The molecule has 3 rings (SSSR count). The van der Waals surface area contributed by atoms with Gasteiger partial charge in [-0.2, -0.15) is 0 Å². The number of esters is 1. The molecule has 1 aliphatic heterocycles. The number of anilines is 1. The van der Waals surface area contributed by atoms with Crippen molar-refractivity contribution in [2.45, 2.75) is 38.8 Å². The molecule has 2 aromatic rings. The Labute approximate surface area is 197 Å². The SMILES string of the molecule is CC(C)(C)OC(=O)C1CCN1C(=O)c1ccc(NC(=O)COc2cc(C(=N)N)ccc2O)cc1. The van der Waals surface area contributed by atoms with Crippen LogP contribution in [0.15, 0.2) is 42.5 Å². The summed E-state index contributed by atoms with van der Waals surface area (Å²) in [5.74, 6) is -1.55. The number of carbonyl (C=O) groups is 3. The molecule has 1 unspecified atom stereocenters. The van der Waals surface area contributed by atoms with E-state index in [-0.39, 0.29) is 29.8 Å². The number of nitrogens with two attached hydrogens (primary N) is 1. The minimum Gasteiger partial charge on any atom is -0.504 e. The van der Waals surface area contributed by atoms with Gasteiger partial charge in [-0.05, 0) is 69.7 Å². The molecule has 0 spiro atoms. The summed E-state index contributed by atoms with van der Waals surface area (Å²) in [7, 11) is 0. The van der Waals surface area contributed by atoms with Crippen molar-refractivity contribution >= 4 is 29.3 Å². The van der Waals surface area contributed by atoms with E-state index in [0.29, 0.717) is 29.8 Å². The molecule has 0 bridgehead atoms. The number of phenols is 1. The van der Waals surface area contributed by atoms with Crippen LogP contribution in [0.1, 0.15) is 43.1 Å². The molecule has 0 saturated carbocycles. The van der Waals surface area contributed by atoms with Crippen LogP contribution in [-0.2, 0) is 14.3 Å². The number of amidine groups is 1. The Balaban J connectivity index is 1.55. The monoisotopic (exact) mass is 468 g/mol. The maximum atomic E-state index is 12.8. The van der Waals surface area contributed by atoms with E-state index in [1.807, 2.05) is 0 Å². The number of hydrogen-bond acceptors (Lipinski definition) is 7. The molecule has 5 N–H and O–H groups in total. The van der Waals surface area contributed by atoms with Gasteiger partial charge in [-0.15, -0.1) is 0 Å². The third-order valence-electron chi connectivity index (χ3n) is 5.00. The van der Waals surface area contributed by atoms with Gasteiger partial charge in [-0.1, -0.05) is 0 Å². The highest BCUT2D eigenvalue weighted by atomic mass is 16.6. The van der Waals surface area contributed by atoms with Gasteiger partial charge in [0.1, 0.15) is 17.5 Å². The number of benzene rings is 2. The second kappa shape index (κ2) is 9.82. The van der Waals surface area contributed by atoms with Crippen molar-refractivity contribution in [3.8, 4) is 11.5 Å². The zero-order valence-corrected chi connectivity index (χ0v) is 19.3. The van der Waals surface area contributed by atoms with E-state index in [2.05, 4.69) is 5.32 Å². The van der Waals surface area contributed by atoms with Gasteiger partial charge in [-0.25, -0.2) is 4.79 Å². The first-order chi connectivity index (χ1) is 15.9. The van der Waals surface area contributed by atoms with Crippen LogP contribution in [-0.4, -0.2) is 58.4 Å². The van der Waals surface area contributed by atoms with Gasteiger partial charge in [0.25, 0.3) is 11.8 Å². The van der Waals surface area contributed by atoms with E-state index in [1.54, 1.807) is 45.0 Å². The molecular weight excluding hydrogens is 440 g/mol. The Morgan fingerprint density at radius 2 is 1.79 bits per heavy atom. The van der Waals surface area contributed by atoms with Crippen LogP contribution in [0.2, 0.25) is 0 Å². The van der Waals surface area contributed by atoms with Crippen LogP contribution < -0.4 is 15.8 Å². The summed E-state index contributed by atoms with van der Waals surface area (Å²) in [5, 5.41) is 19.9. The fourth-order valence-electron chi connectivity index (χ4n) is 3.24. The summed E-state index contributed by atoms with van der Waals surface area (Å²) in [6, 6.07) is 9.82. The zero-order valence-electron chi connectivity index (χ0n) is 19.3. The van der Waals surface area contributed by atoms with Gasteiger partial charge in [0.2, 0.25) is 0 Å². The second-order valence-corrected chi connectivity index (χ2v) is 8.85. The summed E-state index contributed by atoms with van der Waals surface area (Å²) in [6.45, 7) is 5.41. The van der Waals surface area contributed by atoms with Crippen LogP contribution in [0.25, 0.3) is 0 Å². The number of nitrogens with one attached hydrogen (secondary N) is 2. The summed E-state index contributed by atoms with van der Waals surface area (Å²) < 4.78 is 10.7. The predicted molar refractivity (Wildman–Crippen MR) is 125 cm³/mol. The van der Waals surface area contributed by atoms with Crippen molar-refractivity contribution in [2.75, 3.05) is 18.5 Å². The zero-order chi connectivity index (χ0) is 25.0. The number of ether oxygens (including phenoxy) is 2. The lowest BCUT2D eigenvalue weighted by Gasteiger charge is -2.40. The number of carbonyl (C=O) groups excluding carboxylic acids is 3. The molecule has 0 aromatic heterocycles. The van der Waals surface area contributed by atoms with Crippen LogP contribution in [0.5, 0.6) is 11.5 Å². The molecule has 0 radical (unpaired) electrons. The highest BCUT2D eigenvalue weighted by molar-refractivity contribution is 5.99. The molecular formula is C24H28N4O6. The van der Waals surface area contributed by atoms with Gasteiger partial charge >= 0.3 is 5.97 Å². The second-order valence-electron chi connectivity index (χ2n) is 8.85. The number of rotatable bonds is 7. The predicted octanol–water partition coefficient (Wildman–Crippen LogP) is 2.25. The van der Waals surface area contributed by atoms with E-state index in [4.69, 9.17) is 20.6 Å². The largest absolute Gasteiger partial charge is 0.504 e. The Hall–Kier alpha value is -4.08. The lowest BCUT2D eigenvalue weighted by Crippen LogP contribution is -2.56. The molecule has 2 amide bonds. The lowest BCUT2D eigenvalue weighted by molar-refractivity contribution is -0.164. The van der Waals surface area contributed by atoms with Gasteiger partial charge in [-0.3, -0.25) is 15.0 Å². The number of likely N-dealkylation sites (tertiary alicyclic amines) is 1. The third-order valence-corrected chi connectivity index (χ3v) is 5.00. The Bertz CT molecular complexity index is 1110. The fraction of sp³-hybridized carbons (Fsp3) is 0.333. The van der Waals surface area contributed by atoms with Crippen molar-refractivity contribution in [3.05, 3.63) is 53.6 Å². The maximum Gasteiger partial charge on any atom is 0.329 e. The van der Waals surface area contributed by atoms with Crippen LogP contribution in [0.4, 0.5) is 5.69 Å². The van der Waals surface area contributed by atoms with E-state index in [9.17, 15) is 19.5 Å². The van der Waals surface area contributed by atoms with Gasteiger partial charge < -0.3 is 30.5 Å². The van der Waals surface area contributed by atoms with Crippen molar-refractivity contribution in [1.82, 2.24) is 4.90 Å². The number of hydrogen-bond donors (Lipinski definition) is 4. The standard InChI is InChI=1S/C24H28N4O6/c1-24(2,3)34-23(32)17-10-11-28(17)22(31)14-4-7-16(8-5-14)27-20(30)13-33-19-12-15(21(25)26)6-9-18(19)29/h4-9,12,17,29H,10-11,13H2,1-3H3,(H3,25,26)(H,27,30). The van der Waals surface area contributed by atoms with Crippen LogP contribution >= 0.6 is 0 Å². The van der Waals surface area contributed by atoms with Gasteiger partial charge in [0.05, 0.1) is 0 Å². The number of nitrogen functional groups attached to an aromatic ring is 1. The van der Waals surface area contributed by atoms with Gasteiger partial charge in [0, 0.05) is 23.4 Å². The quantitative estimate of drug-likeness (QED) is 0.276. The number of amides is 2. The van der Waals surface area contributed by atoms with Crippen molar-refractivity contribution in [1.29, 1.82) is 5.41 Å². The lowest BCUT2D eigenvalue weighted by atomic mass is 10.0. The Kier molecular flexibility index (Phi) is 7.09. The minimum atomic E-state index is -0.625. The number of phenolic OH excluding ortho intramolecular Hbond substituents is 1. The Morgan fingerprint density at radius 3 is 2.35 bits per heavy atom. The third kappa shape index (κ3) is 6.03. The summed E-state index contributed by atoms with van der Waals surface area (Å²) in [4.78, 5) is 38.8. The normalized spacial score (nSPS) is 15.1. The highest BCUT2D eigenvalue weighted by Gasteiger charge is 2.40. The molecule has 34 heavy (non-hydrogen) atoms. The molecule has 10 heteroatoms. The molecule has 1 saturated heterocycles. The molecule has 1 atom stereocenters. The van der Waals surface area contributed by atoms with Gasteiger partial charge in [0.15, 0.2) is 18.1 Å². The summed E-state index contributed by atoms with van der Waals surface area (Å²) >= 11 is 0. The summed E-state index contributed by atoms with van der Waals surface area (Å²) in [6.07, 6.45) is 0.555. The van der Waals surface area contributed by atoms with E-state index in [0.717, 1.165) is 0 Å². The van der Waals surface area contributed by atoms with E-state index < -0.39 is 23.5 Å².